The van der Waals surface area contributed by atoms with Crippen LogP contribution in [0.15, 0.2) is 42.5 Å². The normalized spacial score (nSPS) is 12.3. The molecule has 0 unspecified atom stereocenters. The first kappa shape index (κ1) is 13.5. The molecule has 0 aromatic heterocycles. The topological polar surface area (TPSA) is 29.3 Å². The fraction of sp³-hybridized carbons (Fsp3) is 0.200. The second-order valence-electron chi connectivity index (χ2n) is 4.50. The zero-order chi connectivity index (χ0) is 14.0. The van der Waals surface area contributed by atoms with Gasteiger partial charge in [-0.2, -0.15) is 0 Å². The Kier molecular flexibility index (Phi) is 3.81. The van der Waals surface area contributed by atoms with Crippen LogP contribution in [0, 0.1) is 11.6 Å². The number of benzene rings is 2. The summed E-state index contributed by atoms with van der Waals surface area (Å²) in [5, 5.41) is 0. The molecule has 1 atom stereocenters. The lowest BCUT2D eigenvalue weighted by Crippen LogP contribution is -2.17. The van der Waals surface area contributed by atoms with Crippen LogP contribution >= 0.6 is 0 Å². The van der Waals surface area contributed by atoms with Gasteiger partial charge >= 0.3 is 0 Å². The zero-order valence-electron chi connectivity index (χ0n) is 10.9. The van der Waals surface area contributed by atoms with Crippen molar-refractivity contribution in [1.29, 1.82) is 0 Å². The van der Waals surface area contributed by atoms with Crippen molar-refractivity contribution in [2.75, 3.05) is 11.9 Å². The molecule has 0 amide bonds. The van der Waals surface area contributed by atoms with Gasteiger partial charge in [-0.15, -0.1) is 0 Å². The van der Waals surface area contributed by atoms with Gasteiger partial charge in [-0.25, -0.2) is 8.78 Å². The quantitative estimate of drug-likeness (QED) is 0.912. The van der Waals surface area contributed by atoms with E-state index in [0.29, 0.717) is 16.9 Å². The zero-order valence-corrected chi connectivity index (χ0v) is 10.9. The third kappa shape index (κ3) is 2.74. The summed E-state index contributed by atoms with van der Waals surface area (Å²) in [5.41, 5.74) is 7.71. The predicted molar refractivity (Wildman–Crippen MR) is 73.5 cm³/mol. The number of nitrogens with zero attached hydrogens (tertiary/aromatic N) is 1. The molecule has 19 heavy (non-hydrogen) atoms. The highest BCUT2D eigenvalue weighted by Gasteiger charge is 2.16. The molecular formula is C15H16F2N2. The average Bonchev–Trinajstić information content (AvgIpc) is 2.38. The molecule has 0 spiro atoms. The smallest absolute Gasteiger partial charge is 0.147 e. The molecule has 0 bridgehead atoms. The molecular weight excluding hydrogens is 246 g/mol. The number of anilines is 2. The van der Waals surface area contributed by atoms with Crippen LogP contribution in [-0.4, -0.2) is 7.05 Å². The monoisotopic (exact) mass is 262 g/mol. The van der Waals surface area contributed by atoms with Gasteiger partial charge in [0.2, 0.25) is 0 Å². The summed E-state index contributed by atoms with van der Waals surface area (Å²) < 4.78 is 27.0. The van der Waals surface area contributed by atoms with Crippen molar-refractivity contribution in [1.82, 2.24) is 0 Å². The van der Waals surface area contributed by atoms with Crippen LogP contribution < -0.4 is 10.6 Å². The molecule has 0 aliphatic heterocycles. The Balaban J connectivity index is 2.49. The van der Waals surface area contributed by atoms with Crippen molar-refractivity contribution in [3.63, 3.8) is 0 Å². The van der Waals surface area contributed by atoms with Crippen LogP contribution in [0.1, 0.15) is 18.5 Å². The molecule has 0 fully saturated rings. The average molecular weight is 262 g/mol. The van der Waals surface area contributed by atoms with Crippen molar-refractivity contribution < 1.29 is 8.78 Å². The molecule has 4 heteroatoms. The summed E-state index contributed by atoms with van der Waals surface area (Å²) >= 11 is 0. The van der Waals surface area contributed by atoms with Gasteiger partial charge < -0.3 is 10.6 Å². The molecule has 2 rings (SSSR count). The fourth-order valence-electron chi connectivity index (χ4n) is 2.05. The van der Waals surface area contributed by atoms with E-state index in [1.54, 1.807) is 43.1 Å². The number of hydrogen-bond donors (Lipinski definition) is 1. The Hall–Kier alpha value is -1.94. The van der Waals surface area contributed by atoms with E-state index < -0.39 is 0 Å². The lowest BCUT2D eigenvalue weighted by Gasteiger charge is -2.24. The Morgan fingerprint density at radius 1 is 1.05 bits per heavy atom. The van der Waals surface area contributed by atoms with Crippen LogP contribution in [0.25, 0.3) is 0 Å². The highest BCUT2D eigenvalue weighted by Crippen LogP contribution is 2.32. The summed E-state index contributed by atoms with van der Waals surface area (Å²) in [7, 11) is 1.73. The lowest BCUT2D eigenvalue weighted by atomic mass is 10.1. The van der Waals surface area contributed by atoms with E-state index >= 15 is 0 Å². The summed E-state index contributed by atoms with van der Waals surface area (Å²) in [6, 6.07) is 10.4. The van der Waals surface area contributed by atoms with Gasteiger partial charge in [0.05, 0.1) is 5.69 Å². The highest BCUT2D eigenvalue weighted by atomic mass is 19.1. The third-order valence-electron chi connectivity index (χ3n) is 3.06. The van der Waals surface area contributed by atoms with E-state index in [9.17, 15) is 8.78 Å². The van der Waals surface area contributed by atoms with Crippen molar-refractivity contribution >= 4 is 11.4 Å². The first-order valence-corrected chi connectivity index (χ1v) is 6.04. The molecule has 0 radical (unpaired) electrons. The first-order valence-electron chi connectivity index (χ1n) is 6.04. The van der Waals surface area contributed by atoms with Gasteiger partial charge in [0, 0.05) is 18.8 Å². The molecule has 2 aromatic rings. The summed E-state index contributed by atoms with van der Waals surface area (Å²) in [4.78, 5) is 1.67. The second-order valence-corrected chi connectivity index (χ2v) is 4.50. The maximum absolute atomic E-state index is 14.1. The summed E-state index contributed by atoms with van der Waals surface area (Å²) in [6.45, 7) is 1.80. The predicted octanol–water partition coefficient (Wildman–Crippen LogP) is 3.75. The molecule has 100 valence electrons. The van der Waals surface area contributed by atoms with Crippen LogP contribution in [0.4, 0.5) is 20.2 Å². The van der Waals surface area contributed by atoms with Crippen molar-refractivity contribution in [3.05, 3.63) is 59.7 Å². The minimum absolute atomic E-state index is 0.284. The molecule has 2 N–H and O–H groups in total. The molecule has 0 heterocycles. The van der Waals surface area contributed by atoms with E-state index in [1.807, 2.05) is 0 Å². The standard InChI is InChI=1S/C15H16F2N2/c1-10(18)13-4-3-5-14(17)15(13)19(2)12-8-6-11(16)7-9-12/h3-10H,18H2,1-2H3/t10-/m0/s1. The van der Waals surface area contributed by atoms with Crippen LogP contribution in [0.3, 0.4) is 0 Å². The first-order chi connectivity index (χ1) is 9.00. The molecule has 0 aliphatic rings. The Labute approximate surface area is 111 Å². The fourth-order valence-corrected chi connectivity index (χ4v) is 2.05. The number of nitrogens with two attached hydrogens (primary N) is 1. The largest absolute Gasteiger partial charge is 0.342 e. The van der Waals surface area contributed by atoms with Crippen molar-refractivity contribution in [2.45, 2.75) is 13.0 Å². The van der Waals surface area contributed by atoms with Crippen molar-refractivity contribution in [3.8, 4) is 0 Å². The highest BCUT2D eigenvalue weighted by molar-refractivity contribution is 5.67. The van der Waals surface area contributed by atoms with Crippen LogP contribution in [-0.2, 0) is 0 Å². The van der Waals surface area contributed by atoms with Gasteiger partial charge in [0.25, 0.3) is 0 Å². The SMILES string of the molecule is C[C@H](N)c1cccc(F)c1N(C)c1ccc(F)cc1. The maximum atomic E-state index is 14.1. The summed E-state index contributed by atoms with van der Waals surface area (Å²) in [5.74, 6) is -0.667. The number of rotatable bonds is 3. The summed E-state index contributed by atoms with van der Waals surface area (Å²) in [6.07, 6.45) is 0. The van der Waals surface area contributed by atoms with Gasteiger partial charge in [-0.1, -0.05) is 12.1 Å². The molecule has 0 saturated heterocycles. The second kappa shape index (κ2) is 5.36. The Morgan fingerprint density at radius 2 is 1.68 bits per heavy atom. The van der Waals surface area contributed by atoms with Crippen LogP contribution in [0.2, 0.25) is 0 Å². The Bertz CT molecular complexity index is 565. The molecule has 0 saturated carbocycles. The van der Waals surface area contributed by atoms with Gasteiger partial charge in [0.15, 0.2) is 0 Å². The maximum Gasteiger partial charge on any atom is 0.147 e. The van der Waals surface area contributed by atoms with Crippen LogP contribution in [0.5, 0.6) is 0 Å². The number of hydrogen-bond acceptors (Lipinski definition) is 2. The van der Waals surface area contributed by atoms with Gasteiger partial charge in [0.1, 0.15) is 11.6 Å². The van der Waals surface area contributed by atoms with Crippen molar-refractivity contribution in [2.24, 2.45) is 5.73 Å². The molecule has 2 aromatic carbocycles. The van der Waals surface area contributed by atoms with E-state index in [-0.39, 0.29) is 17.7 Å². The van der Waals surface area contributed by atoms with Gasteiger partial charge in [-0.3, -0.25) is 0 Å². The molecule has 2 nitrogen and oxygen atoms in total. The number of halogens is 2. The van der Waals surface area contributed by atoms with E-state index in [1.165, 1.54) is 18.2 Å². The van der Waals surface area contributed by atoms with E-state index in [0.717, 1.165) is 0 Å². The minimum atomic E-state index is -0.346. The lowest BCUT2D eigenvalue weighted by molar-refractivity contribution is 0.621. The molecule has 0 aliphatic carbocycles. The minimum Gasteiger partial charge on any atom is -0.342 e. The number of para-hydroxylation sites is 1. The van der Waals surface area contributed by atoms with E-state index in [2.05, 4.69) is 0 Å². The van der Waals surface area contributed by atoms with Gasteiger partial charge in [-0.05, 0) is 42.8 Å². The Morgan fingerprint density at radius 3 is 2.26 bits per heavy atom. The third-order valence-corrected chi connectivity index (χ3v) is 3.06. The van der Waals surface area contributed by atoms with E-state index in [4.69, 9.17) is 5.73 Å².